The maximum Gasteiger partial charge on any atom is 0.0929 e. The van der Waals surface area contributed by atoms with Crippen LogP contribution in [0.4, 0.5) is 0 Å². The maximum absolute atomic E-state index is 5.54. The van der Waals surface area contributed by atoms with Crippen molar-refractivity contribution in [3.8, 4) is 0 Å². The molecule has 0 aromatic heterocycles. The molecular formula is C13H19NO. The Hall–Kier alpha value is -0.860. The van der Waals surface area contributed by atoms with E-state index < -0.39 is 0 Å². The largest absolute Gasteiger partial charge is 0.374 e. The molecule has 0 unspecified atom stereocenters. The lowest BCUT2D eigenvalue weighted by atomic mass is 10.0. The smallest absolute Gasteiger partial charge is 0.0929 e. The Morgan fingerprint density at radius 2 is 1.93 bits per heavy atom. The lowest BCUT2D eigenvalue weighted by Gasteiger charge is -2.14. The highest BCUT2D eigenvalue weighted by Gasteiger charge is 2.44. The van der Waals surface area contributed by atoms with Gasteiger partial charge in [0.2, 0.25) is 0 Å². The first kappa shape index (κ1) is 10.7. The summed E-state index contributed by atoms with van der Waals surface area (Å²) in [6, 6.07) is 8.85. The third-order valence-corrected chi connectivity index (χ3v) is 3.24. The summed E-state index contributed by atoms with van der Waals surface area (Å²) in [6.07, 6.45) is 3.43. The number of hydrogen-bond donors (Lipinski definition) is 1. The van der Waals surface area contributed by atoms with Gasteiger partial charge in [-0.05, 0) is 44.0 Å². The molecule has 1 fully saturated rings. The number of methoxy groups -OCH3 is 1. The monoisotopic (exact) mass is 205 g/mol. The topological polar surface area (TPSA) is 21.3 Å². The van der Waals surface area contributed by atoms with Crippen LogP contribution < -0.4 is 5.32 Å². The molecule has 1 aromatic carbocycles. The fourth-order valence-electron chi connectivity index (χ4n) is 1.97. The lowest BCUT2D eigenvalue weighted by molar-refractivity contribution is 0.0789. The van der Waals surface area contributed by atoms with Crippen molar-refractivity contribution >= 4 is 0 Å². The molecule has 2 heteroatoms. The van der Waals surface area contributed by atoms with Gasteiger partial charge in [0.1, 0.15) is 0 Å². The molecule has 1 aromatic rings. The molecule has 1 aliphatic rings. The highest BCUT2D eigenvalue weighted by Crippen LogP contribution is 2.48. The molecule has 0 bridgehead atoms. The Morgan fingerprint density at radius 1 is 1.27 bits per heavy atom. The number of benzene rings is 1. The van der Waals surface area contributed by atoms with Gasteiger partial charge in [-0.25, -0.2) is 0 Å². The van der Waals surface area contributed by atoms with Crippen molar-refractivity contribution in [2.45, 2.75) is 24.9 Å². The average Bonchev–Trinajstić information content (AvgIpc) is 3.08. The molecule has 82 valence electrons. The molecule has 0 amide bonds. The van der Waals surface area contributed by atoms with E-state index >= 15 is 0 Å². The summed E-state index contributed by atoms with van der Waals surface area (Å²) >= 11 is 0. The minimum absolute atomic E-state index is 0.0571. The summed E-state index contributed by atoms with van der Waals surface area (Å²) in [4.78, 5) is 0. The first-order valence-electron chi connectivity index (χ1n) is 5.60. The van der Waals surface area contributed by atoms with Crippen molar-refractivity contribution in [2.75, 3.05) is 20.7 Å². The number of nitrogens with one attached hydrogen (secondary N) is 1. The Bertz CT molecular complexity index is 314. The Labute approximate surface area is 91.6 Å². The molecule has 0 atom stereocenters. The van der Waals surface area contributed by atoms with Gasteiger partial charge in [-0.15, -0.1) is 0 Å². The first-order chi connectivity index (χ1) is 7.30. The third-order valence-electron chi connectivity index (χ3n) is 3.24. The van der Waals surface area contributed by atoms with Crippen LogP contribution in [0.3, 0.4) is 0 Å². The standard InChI is InChI=1S/C13H19NO/c1-14-10-7-11-3-5-12(6-4-11)13(15-2)8-9-13/h3-6,14H,7-10H2,1-2H3. The molecule has 2 nitrogen and oxygen atoms in total. The SMILES string of the molecule is CNCCc1ccc(C2(OC)CC2)cc1. The maximum atomic E-state index is 5.54. The highest BCUT2D eigenvalue weighted by atomic mass is 16.5. The van der Waals surface area contributed by atoms with Crippen LogP contribution in [0.1, 0.15) is 24.0 Å². The third kappa shape index (κ3) is 2.21. The van der Waals surface area contributed by atoms with Gasteiger partial charge in [-0.1, -0.05) is 24.3 Å². The molecule has 0 heterocycles. The molecule has 0 saturated heterocycles. The van der Waals surface area contributed by atoms with Gasteiger partial charge in [0.25, 0.3) is 0 Å². The van der Waals surface area contributed by atoms with Crippen LogP contribution in [0.25, 0.3) is 0 Å². The van der Waals surface area contributed by atoms with Crippen LogP contribution in [0.15, 0.2) is 24.3 Å². The van der Waals surface area contributed by atoms with Gasteiger partial charge in [-0.3, -0.25) is 0 Å². The quantitative estimate of drug-likeness (QED) is 0.794. The van der Waals surface area contributed by atoms with E-state index in [0.717, 1.165) is 13.0 Å². The predicted molar refractivity (Wildman–Crippen MR) is 62.0 cm³/mol. The summed E-state index contributed by atoms with van der Waals surface area (Å²) in [5, 5.41) is 3.16. The summed E-state index contributed by atoms with van der Waals surface area (Å²) in [5.74, 6) is 0. The fourth-order valence-corrected chi connectivity index (χ4v) is 1.97. The average molecular weight is 205 g/mol. The van der Waals surface area contributed by atoms with Crippen LogP contribution in [0.5, 0.6) is 0 Å². The Balaban J connectivity index is 2.04. The van der Waals surface area contributed by atoms with Gasteiger partial charge < -0.3 is 10.1 Å². The number of ether oxygens (including phenoxy) is 1. The first-order valence-corrected chi connectivity index (χ1v) is 5.60. The molecular weight excluding hydrogens is 186 g/mol. The molecule has 1 N–H and O–H groups in total. The Kier molecular flexibility index (Phi) is 3.08. The van der Waals surface area contributed by atoms with Crippen molar-refractivity contribution < 1.29 is 4.74 Å². The van der Waals surface area contributed by atoms with E-state index in [9.17, 15) is 0 Å². The van der Waals surface area contributed by atoms with Crippen molar-refractivity contribution in [1.82, 2.24) is 5.32 Å². The minimum atomic E-state index is 0.0571. The van der Waals surface area contributed by atoms with E-state index in [2.05, 4.69) is 29.6 Å². The number of hydrogen-bond acceptors (Lipinski definition) is 2. The molecule has 1 aliphatic carbocycles. The normalized spacial score (nSPS) is 17.7. The van der Waals surface area contributed by atoms with E-state index in [4.69, 9.17) is 4.74 Å². The Morgan fingerprint density at radius 3 is 2.40 bits per heavy atom. The highest BCUT2D eigenvalue weighted by molar-refractivity contribution is 5.31. The number of rotatable bonds is 5. The second kappa shape index (κ2) is 4.33. The van der Waals surface area contributed by atoms with Gasteiger partial charge >= 0.3 is 0 Å². The summed E-state index contributed by atoms with van der Waals surface area (Å²) in [7, 11) is 3.79. The van der Waals surface area contributed by atoms with E-state index in [1.807, 2.05) is 14.2 Å². The zero-order chi connectivity index (χ0) is 10.7. The summed E-state index contributed by atoms with van der Waals surface area (Å²) in [5.41, 5.74) is 2.78. The van der Waals surface area contributed by atoms with Crippen molar-refractivity contribution in [2.24, 2.45) is 0 Å². The number of likely N-dealkylation sites (N-methyl/N-ethyl adjacent to an activating group) is 1. The fraction of sp³-hybridized carbons (Fsp3) is 0.538. The molecule has 0 aliphatic heterocycles. The van der Waals surface area contributed by atoms with Gasteiger partial charge in [0.15, 0.2) is 0 Å². The second-order valence-electron chi connectivity index (χ2n) is 4.25. The van der Waals surface area contributed by atoms with E-state index in [1.165, 1.54) is 24.0 Å². The molecule has 1 saturated carbocycles. The van der Waals surface area contributed by atoms with Crippen molar-refractivity contribution in [3.05, 3.63) is 35.4 Å². The molecule has 0 radical (unpaired) electrons. The van der Waals surface area contributed by atoms with Crippen LogP contribution in [-0.4, -0.2) is 20.7 Å². The van der Waals surface area contributed by atoms with Gasteiger partial charge in [0.05, 0.1) is 5.60 Å². The lowest BCUT2D eigenvalue weighted by Crippen LogP contribution is -2.11. The van der Waals surface area contributed by atoms with Crippen LogP contribution in [0, 0.1) is 0 Å². The van der Waals surface area contributed by atoms with Crippen LogP contribution in [0.2, 0.25) is 0 Å². The summed E-state index contributed by atoms with van der Waals surface area (Å²) in [6.45, 7) is 1.04. The van der Waals surface area contributed by atoms with Crippen LogP contribution in [-0.2, 0) is 16.8 Å². The van der Waals surface area contributed by atoms with Crippen LogP contribution >= 0.6 is 0 Å². The minimum Gasteiger partial charge on any atom is -0.374 e. The predicted octanol–water partition coefficient (Wildman–Crippen LogP) is 2.08. The van der Waals surface area contributed by atoms with Crippen molar-refractivity contribution in [1.29, 1.82) is 0 Å². The zero-order valence-corrected chi connectivity index (χ0v) is 9.55. The zero-order valence-electron chi connectivity index (χ0n) is 9.55. The van der Waals surface area contributed by atoms with Gasteiger partial charge in [-0.2, -0.15) is 0 Å². The molecule has 0 spiro atoms. The molecule has 15 heavy (non-hydrogen) atoms. The second-order valence-corrected chi connectivity index (χ2v) is 4.25. The van der Waals surface area contributed by atoms with E-state index in [1.54, 1.807) is 0 Å². The van der Waals surface area contributed by atoms with Gasteiger partial charge in [0, 0.05) is 7.11 Å². The van der Waals surface area contributed by atoms with E-state index in [0.29, 0.717) is 0 Å². The summed E-state index contributed by atoms with van der Waals surface area (Å²) < 4.78 is 5.54. The molecule has 2 rings (SSSR count). The van der Waals surface area contributed by atoms with Crippen molar-refractivity contribution in [3.63, 3.8) is 0 Å². The van der Waals surface area contributed by atoms with E-state index in [-0.39, 0.29) is 5.60 Å².